The predicted molar refractivity (Wildman–Crippen MR) is 74.1 cm³/mol. The van der Waals surface area contributed by atoms with Crippen LogP contribution in [-0.2, 0) is 14.8 Å². The summed E-state index contributed by atoms with van der Waals surface area (Å²) in [5.74, 6) is 0.562. The molecule has 2 fully saturated rings. The zero-order valence-corrected chi connectivity index (χ0v) is 12.6. The molecule has 0 saturated heterocycles. The van der Waals surface area contributed by atoms with Crippen LogP contribution in [-0.4, -0.2) is 43.5 Å². The summed E-state index contributed by atoms with van der Waals surface area (Å²) in [6.07, 6.45) is 4.68. The second kappa shape index (κ2) is 5.79. The Morgan fingerprint density at radius 3 is 2.37 bits per heavy atom. The molecular weight excluding hydrogens is 264 g/mol. The molecule has 0 aliphatic heterocycles. The van der Waals surface area contributed by atoms with Gasteiger partial charge >= 0.3 is 0 Å². The van der Waals surface area contributed by atoms with Crippen LogP contribution in [0.15, 0.2) is 0 Å². The summed E-state index contributed by atoms with van der Waals surface area (Å²) in [5, 5.41) is 2.92. The van der Waals surface area contributed by atoms with Gasteiger partial charge in [0.2, 0.25) is 15.9 Å². The van der Waals surface area contributed by atoms with E-state index >= 15 is 0 Å². The number of carbonyl (C=O) groups excluding carboxylic acids is 1. The normalized spacial score (nSPS) is 29.9. The molecule has 0 heterocycles. The maximum absolute atomic E-state index is 12.0. The molecule has 2 rings (SSSR count). The minimum Gasteiger partial charge on any atom is -0.352 e. The number of hydrogen-bond donors (Lipinski definition) is 1. The SMILES string of the molecule is CCN(CC)S(=O)(=O)CC(=O)N[C@H]1C[C@H]2CC[C@H]1C2. The van der Waals surface area contributed by atoms with Crippen molar-refractivity contribution < 1.29 is 13.2 Å². The van der Waals surface area contributed by atoms with Crippen LogP contribution in [0, 0.1) is 11.8 Å². The molecule has 2 bridgehead atoms. The van der Waals surface area contributed by atoms with E-state index in [0.717, 1.165) is 12.3 Å². The first-order valence-corrected chi connectivity index (χ1v) is 8.84. The van der Waals surface area contributed by atoms with Crippen LogP contribution in [0.5, 0.6) is 0 Å². The van der Waals surface area contributed by atoms with Gasteiger partial charge in [0.05, 0.1) is 0 Å². The van der Waals surface area contributed by atoms with Crippen molar-refractivity contribution in [2.45, 2.75) is 45.6 Å². The Labute approximate surface area is 115 Å². The molecule has 0 aromatic rings. The van der Waals surface area contributed by atoms with Crippen LogP contribution < -0.4 is 5.32 Å². The number of sulfonamides is 1. The number of amides is 1. The average Bonchev–Trinajstić information content (AvgIpc) is 2.90. The minimum absolute atomic E-state index is 0.207. The Morgan fingerprint density at radius 1 is 1.21 bits per heavy atom. The van der Waals surface area contributed by atoms with Gasteiger partial charge in [0.25, 0.3) is 0 Å². The van der Waals surface area contributed by atoms with Gasteiger partial charge in [0, 0.05) is 19.1 Å². The van der Waals surface area contributed by atoms with E-state index in [2.05, 4.69) is 5.32 Å². The maximum atomic E-state index is 12.0. The highest BCUT2D eigenvalue weighted by Crippen LogP contribution is 2.44. The van der Waals surface area contributed by atoms with Crippen molar-refractivity contribution >= 4 is 15.9 Å². The van der Waals surface area contributed by atoms with E-state index in [1.54, 1.807) is 13.8 Å². The van der Waals surface area contributed by atoms with Crippen molar-refractivity contribution in [3.63, 3.8) is 0 Å². The first kappa shape index (κ1) is 14.8. The molecule has 0 aromatic carbocycles. The molecule has 2 aliphatic carbocycles. The summed E-state index contributed by atoms with van der Waals surface area (Å²) >= 11 is 0. The molecule has 6 heteroatoms. The summed E-state index contributed by atoms with van der Waals surface area (Å²) in [6, 6.07) is 0.207. The molecule has 0 unspecified atom stereocenters. The van der Waals surface area contributed by atoms with E-state index in [4.69, 9.17) is 0 Å². The fraction of sp³-hybridized carbons (Fsp3) is 0.923. The number of nitrogens with zero attached hydrogens (tertiary/aromatic N) is 1. The monoisotopic (exact) mass is 288 g/mol. The van der Waals surface area contributed by atoms with E-state index in [0.29, 0.717) is 19.0 Å². The number of fused-ring (bicyclic) bond motifs is 2. The first-order chi connectivity index (χ1) is 8.96. The number of rotatable bonds is 6. The largest absolute Gasteiger partial charge is 0.352 e. The predicted octanol–water partition coefficient (Wildman–Crippen LogP) is 0.963. The standard InChI is InChI=1S/C13H24N2O3S/c1-3-15(4-2)19(17,18)9-13(16)14-12-8-10-5-6-11(12)7-10/h10-12H,3-9H2,1-2H3,(H,14,16)/t10-,11-,12-/m0/s1. The van der Waals surface area contributed by atoms with Gasteiger partial charge in [-0.15, -0.1) is 0 Å². The highest BCUT2D eigenvalue weighted by Gasteiger charge is 2.40. The molecular formula is C13H24N2O3S. The van der Waals surface area contributed by atoms with Gasteiger partial charge in [-0.1, -0.05) is 20.3 Å². The summed E-state index contributed by atoms with van der Waals surface area (Å²) in [6.45, 7) is 4.41. The molecule has 0 aromatic heterocycles. The minimum atomic E-state index is -3.46. The zero-order valence-electron chi connectivity index (χ0n) is 11.8. The van der Waals surface area contributed by atoms with Crippen LogP contribution in [0.3, 0.4) is 0 Å². The fourth-order valence-electron chi connectivity index (χ4n) is 3.54. The average molecular weight is 288 g/mol. The van der Waals surface area contributed by atoms with Crippen LogP contribution >= 0.6 is 0 Å². The third kappa shape index (κ3) is 3.28. The zero-order chi connectivity index (χ0) is 14.0. The quantitative estimate of drug-likeness (QED) is 0.792. The highest BCUT2D eigenvalue weighted by atomic mass is 32.2. The summed E-state index contributed by atoms with van der Waals surface area (Å²) < 4.78 is 25.3. The molecule has 2 saturated carbocycles. The third-order valence-corrected chi connectivity index (χ3v) is 6.43. The smallest absolute Gasteiger partial charge is 0.236 e. The summed E-state index contributed by atoms with van der Waals surface area (Å²) in [7, 11) is -3.46. The molecule has 1 N–H and O–H groups in total. The molecule has 3 atom stereocenters. The third-order valence-electron chi connectivity index (χ3n) is 4.50. The van der Waals surface area contributed by atoms with Crippen molar-refractivity contribution in [1.82, 2.24) is 9.62 Å². The Morgan fingerprint density at radius 2 is 1.89 bits per heavy atom. The Hall–Kier alpha value is -0.620. The first-order valence-electron chi connectivity index (χ1n) is 7.23. The van der Waals surface area contributed by atoms with Crippen LogP contribution in [0.25, 0.3) is 0 Å². The van der Waals surface area contributed by atoms with Gasteiger partial charge < -0.3 is 5.32 Å². The Bertz CT molecular complexity index is 431. The number of carbonyl (C=O) groups is 1. The van der Waals surface area contributed by atoms with Crippen LogP contribution in [0.4, 0.5) is 0 Å². The Balaban J connectivity index is 1.87. The number of hydrogen-bond acceptors (Lipinski definition) is 3. The molecule has 0 spiro atoms. The second-order valence-corrected chi connectivity index (χ2v) is 7.66. The Kier molecular flexibility index (Phi) is 4.50. The molecule has 0 radical (unpaired) electrons. The van der Waals surface area contributed by atoms with E-state index in [9.17, 15) is 13.2 Å². The van der Waals surface area contributed by atoms with Crippen LogP contribution in [0.2, 0.25) is 0 Å². The maximum Gasteiger partial charge on any atom is 0.236 e. The topological polar surface area (TPSA) is 66.5 Å². The fourth-order valence-corrected chi connectivity index (χ4v) is 4.93. The summed E-state index contributed by atoms with van der Waals surface area (Å²) in [5.41, 5.74) is 0. The highest BCUT2D eigenvalue weighted by molar-refractivity contribution is 7.89. The van der Waals surface area contributed by atoms with Crippen molar-refractivity contribution in [3.05, 3.63) is 0 Å². The van der Waals surface area contributed by atoms with Crippen molar-refractivity contribution in [1.29, 1.82) is 0 Å². The van der Waals surface area contributed by atoms with E-state index in [1.165, 1.54) is 23.6 Å². The van der Waals surface area contributed by atoms with Crippen LogP contribution in [0.1, 0.15) is 39.5 Å². The second-order valence-electron chi connectivity index (χ2n) is 5.69. The molecule has 2 aliphatic rings. The lowest BCUT2D eigenvalue weighted by Crippen LogP contribution is -2.44. The van der Waals surface area contributed by atoms with Gasteiger partial charge in [-0.2, -0.15) is 0 Å². The molecule has 5 nitrogen and oxygen atoms in total. The molecule has 110 valence electrons. The van der Waals surface area contributed by atoms with Gasteiger partial charge in [-0.05, 0) is 31.1 Å². The van der Waals surface area contributed by atoms with Gasteiger partial charge in [0.1, 0.15) is 5.75 Å². The van der Waals surface area contributed by atoms with Crippen molar-refractivity contribution in [2.75, 3.05) is 18.8 Å². The van der Waals surface area contributed by atoms with E-state index < -0.39 is 15.8 Å². The van der Waals surface area contributed by atoms with Gasteiger partial charge in [0.15, 0.2) is 0 Å². The van der Waals surface area contributed by atoms with Crippen molar-refractivity contribution in [3.8, 4) is 0 Å². The lowest BCUT2D eigenvalue weighted by atomic mass is 9.95. The summed E-state index contributed by atoms with van der Waals surface area (Å²) in [4.78, 5) is 11.9. The van der Waals surface area contributed by atoms with E-state index in [1.807, 2.05) is 0 Å². The lowest BCUT2D eigenvalue weighted by molar-refractivity contribution is -0.119. The van der Waals surface area contributed by atoms with Gasteiger partial charge in [-0.25, -0.2) is 12.7 Å². The molecule has 1 amide bonds. The lowest BCUT2D eigenvalue weighted by Gasteiger charge is -2.24. The molecule has 19 heavy (non-hydrogen) atoms. The van der Waals surface area contributed by atoms with Crippen molar-refractivity contribution in [2.24, 2.45) is 11.8 Å². The van der Waals surface area contributed by atoms with Gasteiger partial charge in [-0.3, -0.25) is 4.79 Å². The van der Waals surface area contributed by atoms with E-state index in [-0.39, 0.29) is 11.9 Å². The number of nitrogens with one attached hydrogen (secondary N) is 1.